The highest BCUT2D eigenvalue weighted by molar-refractivity contribution is 7.98. The Kier molecular flexibility index (Phi) is 4.71. The van der Waals surface area contributed by atoms with Gasteiger partial charge in [-0.3, -0.25) is 14.3 Å². The van der Waals surface area contributed by atoms with Crippen LogP contribution in [-0.4, -0.2) is 25.7 Å². The first kappa shape index (κ1) is 16.8. The first-order chi connectivity index (χ1) is 12.7. The van der Waals surface area contributed by atoms with Crippen LogP contribution < -0.4 is 5.32 Å². The Balaban J connectivity index is 1.65. The van der Waals surface area contributed by atoms with Crippen LogP contribution in [-0.2, 0) is 10.5 Å². The Morgan fingerprint density at radius 2 is 2.12 bits per heavy atom. The first-order valence-corrected chi connectivity index (χ1v) is 9.55. The smallest absolute Gasteiger partial charge is 0.221 e. The number of carbonyl (C=O) groups is 1. The van der Waals surface area contributed by atoms with Gasteiger partial charge >= 0.3 is 0 Å². The summed E-state index contributed by atoms with van der Waals surface area (Å²) in [7, 11) is 0. The number of rotatable bonds is 6. The fraction of sp³-hybridized carbons (Fsp3) is 0.263. The van der Waals surface area contributed by atoms with E-state index in [0.29, 0.717) is 5.92 Å². The summed E-state index contributed by atoms with van der Waals surface area (Å²) in [6.45, 7) is 1.51. The van der Waals surface area contributed by atoms with Gasteiger partial charge in [-0.1, -0.05) is 23.9 Å². The molecule has 1 fully saturated rings. The second kappa shape index (κ2) is 7.29. The molecule has 0 atom stereocenters. The van der Waals surface area contributed by atoms with Gasteiger partial charge in [0.2, 0.25) is 5.91 Å². The minimum Gasteiger partial charge on any atom is -0.326 e. The van der Waals surface area contributed by atoms with Crippen molar-refractivity contribution >= 4 is 23.4 Å². The van der Waals surface area contributed by atoms with Crippen LogP contribution in [0.3, 0.4) is 0 Å². The molecular weight excluding hydrogens is 346 g/mol. The zero-order valence-corrected chi connectivity index (χ0v) is 15.2. The Hall–Kier alpha value is -2.67. The van der Waals surface area contributed by atoms with Gasteiger partial charge in [-0.15, -0.1) is 10.2 Å². The van der Waals surface area contributed by atoms with E-state index in [1.165, 1.54) is 6.92 Å². The number of nitrogens with one attached hydrogen (secondary N) is 1. The number of pyridine rings is 1. The molecule has 0 saturated heterocycles. The number of hydrogen-bond donors (Lipinski definition) is 1. The largest absolute Gasteiger partial charge is 0.326 e. The molecule has 26 heavy (non-hydrogen) atoms. The van der Waals surface area contributed by atoms with Gasteiger partial charge in [-0.25, -0.2) is 0 Å². The molecular formula is C19H19N5OS. The van der Waals surface area contributed by atoms with Crippen molar-refractivity contribution in [3.8, 4) is 5.69 Å². The minimum atomic E-state index is -0.0851. The maximum Gasteiger partial charge on any atom is 0.221 e. The van der Waals surface area contributed by atoms with Crippen molar-refractivity contribution in [3.05, 3.63) is 60.2 Å². The Morgan fingerprint density at radius 3 is 2.85 bits per heavy atom. The SMILES string of the molecule is CC(=O)Nc1cccc(-n2c(SCc3ccccn3)nnc2C2CC2)c1. The number of anilines is 1. The molecule has 1 N–H and O–H groups in total. The Morgan fingerprint density at radius 1 is 1.23 bits per heavy atom. The third-order valence-electron chi connectivity index (χ3n) is 4.10. The lowest BCUT2D eigenvalue weighted by Crippen LogP contribution is -2.07. The van der Waals surface area contributed by atoms with Gasteiger partial charge in [0, 0.05) is 30.5 Å². The molecule has 7 heteroatoms. The second-order valence-electron chi connectivity index (χ2n) is 6.29. The summed E-state index contributed by atoms with van der Waals surface area (Å²) in [5.41, 5.74) is 2.74. The summed E-state index contributed by atoms with van der Waals surface area (Å²) in [5.74, 6) is 2.11. The van der Waals surface area contributed by atoms with Crippen LogP contribution in [0, 0.1) is 0 Å². The summed E-state index contributed by atoms with van der Waals surface area (Å²) >= 11 is 1.62. The van der Waals surface area contributed by atoms with E-state index in [-0.39, 0.29) is 5.91 Å². The van der Waals surface area contributed by atoms with E-state index in [9.17, 15) is 4.79 Å². The first-order valence-electron chi connectivity index (χ1n) is 8.57. The zero-order valence-electron chi connectivity index (χ0n) is 14.4. The van der Waals surface area contributed by atoms with Crippen molar-refractivity contribution in [2.24, 2.45) is 0 Å². The van der Waals surface area contributed by atoms with Crippen LogP contribution >= 0.6 is 11.8 Å². The molecule has 3 aromatic rings. The predicted molar refractivity (Wildman–Crippen MR) is 101 cm³/mol. The number of amides is 1. The molecule has 0 bridgehead atoms. The molecule has 1 aromatic carbocycles. The van der Waals surface area contributed by atoms with Crippen molar-refractivity contribution in [1.29, 1.82) is 0 Å². The van der Waals surface area contributed by atoms with Crippen LogP contribution in [0.4, 0.5) is 5.69 Å². The lowest BCUT2D eigenvalue weighted by Gasteiger charge is -2.11. The molecule has 0 aliphatic heterocycles. The van der Waals surface area contributed by atoms with Gasteiger partial charge in [0.1, 0.15) is 5.82 Å². The molecule has 0 radical (unpaired) electrons. The summed E-state index contributed by atoms with van der Waals surface area (Å²) in [6, 6.07) is 13.7. The van der Waals surface area contributed by atoms with Crippen LogP contribution in [0.1, 0.15) is 37.2 Å². The number of benzene rings is 1. The van der Waals surface area contributed by atoms with Crippen molar-refractivity contribution in [2.45, 2.75) is 36.6 Å². The molecule has 2 aromatic heterocycles. The molecule has 1 saturated carbocycles. The number of nitrogens with zero attached hydrogens (tertiary/aromatic N) is 4. The summed E-state index contributed by atoms with van der Waals surface area (Å²) in [5, 5.41) is 12.5. The van der Waals surface area contributed by atoms with Gasteiger partial charge < -0.3 is 5.32 Å². The van der Waals surface area contributed by atoms with E-state index >= 15 is 0 Å². The standard InChI is InChI=1S/C19H19N5OS/c1-13(25)21-15-6-4-7-17(11-15)24-18(14-8-9-14)22-23-19(24)26-12-16-5-2-3-10-20-16/h2-7,10-11,14H,8-9,12H2,1H3,(H,21,25). The number of carbonyl (C=O) groups excluding carboxylic acids is 1. The molecule has 1 aliphatic carbocycles. The summed E-state index contributed by atoms with van der Waals surface area (Å²) in [4.78, 5) is 15.7. The predicted octanol–water partition coefficient (Wildman–Crippen LogP) is 3.79. The van der Waals surface area contributed by atoms with Crippen molar-refractivity contribution in [1.82, 2.24) is 19.7 Å². The van der Waals surface area contributed by atoms with E-state index in [2.05, 4.69) is 25.1 Å². The van der Waals surface area contributed by atoms with E-state index in [1.54, 1.807) is 18.0 Å². The molecule has 1 aliphatic rings. The maximum absolute atomic E-state index is 11.4. The highest BCUT2D eigenvalue weighted by Gasteiger charge is 2.31. The maximum atomic E-state index is 11.4. The number of hydrogen-bond acceptors (Lipinski definition) is 5. The number of aromatic nitrogens is 4. The van der Waals surface area contributed by atoms with Gasteiger partial charge in [-0.2, -0.15) is 0 Å². The molecule has 2 heterocycles. The highest BCUT2D eigenvalue weighted by atomic mass is 32.2. The topological polar surface area (TPSA) is 72.7 Å². The minimum absolute atomic E-state index is 0.0851. The second-order valence-corrected chi connectivity index (χ2v) is 7.23. The molecule has 6 nitrogen and oxygen atoms in total. The van der Waals surface area contributed by atoms with Crippen LogP contribution in [0.25, 0.3) is 5.69 Å². The lowest BCUT2D eigenvalue weighted by atomic mass is 10.2. The normalized spacial score (nSPS) is 13.6. The monoisotopic (exact) mass is 365 g/mol. The van der Waals surface area contributed by atoms with E-state index in [4.69, 9.17) is 0 Å². The molecule has 1 amide bonds. The Labute approximate surface area is 156 Å². The van der Waals surface area contributed by atoms with E-state index in [0.717, 1.165) is 46.6 Å². The number of thioether (sulfide) groups is 1. The van der Waals surface area contributed by atoms with Gasteiger partial charge in [0.05, 0.1) is 11.4 Å². The fourth-order valence-corrected chi connectivity index (χ4v) is 3.65. The van der Waals surface area contributed by atoms with Crippen molar-refractivity contribution < 1.29 is 4.79 Å². The lowest BCUT2D eigenvalue weighted by molar-refractivity contribution is -0.114. The van der Waals surface area contributed by atoms with Gasteiger partial charge in [0.15, 0.2) is 5.16 Å². The Bertz CT molecular complexity index is 921. The molecule has 132 valence electrons. The van der Waals surface area contributed by atoms with Crippen LogP contribution in [0.5, 0.6) is 0 Å². The summed E-state index contributed by atoms with van der Waals surface area (Å²) in [6.07, 6.45) is 4.09. The average molecular weight is 365 g/mol. The third-order valence-corrected chi connectivity index (χ3v) is 5.06. The van der Waals surface area contributed by atoms with Crippen LogP contribution in [0.2, 0.25) is 0 Å². The quantitative estimate of drug-likeness (QED) is 0.673. The highest BCUT2D eigenvalue weighted by Crippen LogP contribution is 2.41. The third kappa shape index (κ3) is 3.77. The summed E-state index contributed by atoms with van der Waals surface area (Å²) < 4.78 is 2.11. The molecule has 4 rings (SSSR count). The van der Waals surface area contributed by atoms with Gasteiger partial charge in [-0.05, 0) is 43.2 Å². The zero-order chi connectivity index (χ0) is 17.9. The van der Waals surface area contributed by atoms with Gasteiger partial charge in [0.25, 0.3) is 0 Å². The van der Waals surface area contributed by atoms with Crippen molar-refractivity contribution in [3.63, 3.8) is 0 Å². The van der Waals surface area contributed by atoms with Crippen molar-refractivity contribution in [2.75, 3.05) is 5.32 Å². The van der Waals surface area contributed by atoms with E-state index in [1.807, 2.05) is 42.5 Å². The molecule has 0 spiro atoms. The van der Waals surface area contributed by atoms with Crippen LogP contribution in [0.15, 0.2) is 53.8 Å². The fourth-order valence-electron chi connectivity index (χ4n) is 2.77. The average Bonchev–Trinajstić information content (AvgIpc) is 3.40. The molecule has 0 unspecified atom stereocenters. The van der Waals surface area contributed by atoms with E-state index < -0.39 is 0 Å².